The number of unbranched alkanes of at least 4 members (excludes halogenated alkanes) is 10. The fraction of sp³-hybridized carbons (Fsp3) is 0.667. The van der Waals surface area contributed by atoms with Gasteiger partial charge in [-0.15, -0.1) is 0 Å². The van der Waals surface area contributed by atoms with Gasteiger partial charge in [0.05, 0.1) is 0 Å². The highest BCUT2D eigenvalue weighted by atomic mass is 15.4. The summed E-state index contributed by atoms with van der Waals surface area (Å²) in [7, 11) is 2.20. The van der Waals surface area contributed by atoms with E-state index in [0.717, 1.165) is 6.42 Å². The number of hydrogen-bond acceptors (Lipinski definition) is 2. The minimum atomic E-state index is 0.487. The molecule has 0 saturated carbocycles. The molecule has 0 aromatic heterocycles. The van der Waals surface area contributed by atoms with Crippen molar-refractivity contribution in [2.45, 2.75) is 90.1 Å². The molecule has 1 atom stereocenters. The van der Waals surface area contributed by atoms with Gasteiger partial charge in [-0.3, -0.25) is 0 Å². The van der Waals surface area contributed by atoms with Crippen molar-refractivity contribution in [3.05, 3.63) is 48.3 Å². The molecule has 2 heteroatoms. The van der Waals surface area contributed by atoms with Crippen LogP contribution in [0.25, 0.3) is 0 Å². The van der Waals surface area contributed by atoms with E-state index in [1.54, 1.807) is 0 Å². The molecule has 0 amide bonds. The van der Waals surface area contributed by atoms with E-state index in [9.17, 15) is 0 Å². The maximum absolute atomic E-state index is 2.53. The monoisotopic (exact) mass is 356 g/mol. The van der Waals surface area contributed by atoms with Gasteiger partial charge in [-0.1, -0.05) is 101 Å². The van der Waals surface area contributed by atoms with Crippen LogP contribution in [-0.2, 0) is 6.42 Å². The molecule has 146 valence electrons. The van der Waals surface area contributed by atoms with E-state index >= 15 is 0 Å². The van der Waals surface area contributed by atoms with Crippen molar-refractivity contribution in [2.24, 2.45) is 0 Å². The van der Waals surface area contributed by atoms with Crippen LogP contribution >= 0.6 is 0 Å². The third kappa shape index (κ3) is 7.85. The predicted molar refractivity (Wildman–Crippen MR) is 114 cm³/mol. The molecule has 0 fully saturated rings. The molecule has 26 heavy (non-hydrogen) atoms. The van der Waals surface area contributed by atoms with Crippen LogP contribution in [0.4, 0.5) is 0 Å². The Bertz CT molecular complexity index is 482. The van der Waals surface area contributed by atoms with Gasteiger partial charge in [-0.05, 0) is 12.0 Å². The summed E-state index contributed by atoms with van der Waals surface area (Å²) in [4.78, 5) is 4.88. The summed E-state index contributed by atoms with van der Waals surface area (Å²) in [6, 6.07) is 10.9. The Hall–Kier alpha value is -1.44. The lowest BCUT2D eigenvalue weighted by Gasteiger charge is -2.30. The van der Waals surface area contributed by atoms with Crippen LogP contribution in [0.3, 0.4) is 0 Å². The van der Waals surface area contributed by atoms with Gasteiger partial charge in [0.25, 0.3) is 0 Å². The van der Waals surface area contributed by atoms with E-state index in [1.165, 1.54) is 82.7 Å². The summed E-state index contributed by atoms with van der Waals surface area (Å²) in [5.74, 6) is 0. The highest BCUT2D eigenvalue weighted by Crippen LogP contribution is 2.20. The largest absolute Gasteiger partial charge is 0.359 e. The lowest BCUT2D eigenvalue weighted by atomic mass is 10.1. The molecule has 1 aliphatic rings. The standard InChI is InChI=1S/C24H40N2/c1-3-4-5-6-7-8-9-10-11-12-16-19-26-21-20-25(2)24(26)22-23-17-14-13-15-18-23/h13-15,17-18,20-21,24H,3-12,16,19,22H2,1-2H3. The zero-order chi connectivity index (χ0) is 18.5. The van der Waals surface area contributed by atoms with Gasteiger partial charge in [0.1, 0.15) is 6.17 Å². The summed E-state index contributed by atoms with van der Waals surface area (Å²) in [5.41, 5.74) is 1.43. The molecular weight excluding hydrogens is 316 g/mol. The molecule has 0 N–H and O–H groups in total. The molecule has 2 rings (SSSR count). The van der Waals surface area contributed by atoms with Crippen LogP contribution in [0.15, 0.2) is 42.7 Å². The maximum Gasteiger partial charge on any atom is 0.104 e. The number of benzene rings is 1. The third-order valence-electron chi connectivity index (χ3n) is 5.63. The fourth-order valence-electron chi connectivity index (χ4n) is 3.89. The maximum atomic E-state index is 2.53. The minimum absolute atomic E-state index is 0.487. The van der Waals surface area contributed by atoms with Crippen LogP contribution in [0, 0.1) is 0 Å². The first-order valence-electron chi connectivity index (χ1n) is 11.0. The van der Waals surface area contributed by atoms with Gasteiger partial charge in [0.15, 0.2) is 0 Å². The highest BCUT2D eigenvalue weighted by molar-refractivity contribution is 5.17. The number of likely N-dealkylation sites (N-methyl/N-ethyl adjacent to an activating group) is 1. The molecule has 1 heterocycles. The van der Waals surface area contributed by atoms with Crippen molar-refractivity contribution in [2.75, 3.05) is 13.6 Å². The van der Waals surface area contributed by atoms with Gasteiger partial charge in [-0.25, -0.2) is 0 Å². The average Bonchev–Trinajstić information content (AvgIpc) is 3.00. The zero-order valence-electron chi connectivity index (χ0n) is 17.2. The Kier molecular flexibility index (Phi) is 10.3. The molecule has 0 spiro atoms. The van der Waals surface area contributed by atoms with E-state index in [4.69, 9.17) is 0 Å². The average molecular weight is 357 g/mol. The molecule has 1 aliphatic heterocycles. The number of nitrogens with zero attached hydrogens (tertiary/aromatic N) is 2. The molecule has 0 saturated heterocycles. The van der Waals surface area contributed by atoms with Gasteiger partial charge >= 0.3 is 0 Å². The first-order chi connectivity index (χ1) is 12.8. The van der Waals surface area contributed by atoms with Gasteiger partial charge in [0, 0.05) is 32.4 Å². The second-order valence-corrected chi connectivity index (χ2v) is 7.91. The topological polar surface area (TPSA) is 6.48 Å². The smallest absolute Gasteiger partial charge is 0.104 e. The zero-order valence-corrected chi connectivity index (χ0v) is 17.2. The lowest BCUT2D eigenvalue weighted by Crippen LogP contribution is -2.38. The SMILES string of the molecule is CCCCCCCCCCCCCN1C=CN(C)C1Cc1ccccc1. The minimum Gasteiger partial charge on any atom is -0.359 e. The quantitative estimate of drug-likeness (QED) is 0.347. The molecule has 2 nitrogen and oxygen atoms in total. The summed E-state index contributed by atoms with van der Waals surface area (Å²) >= 11 is 0. The second kappa shape index (κ2) is 12.8. The van der Waals surface area contributed by atoms with Crippen molar-refractivity contribution in [3.8, 4) is 0 Å². The Balaban J connectivity index is 1.52. The Morgan fingerprint density at radius 1 is 0.731 bits per heavy atom. The van der Waals surface area contributed by atoms with E-state index in [0.29, 0.717) is 6.17 Å². The van der Waals surface area contributed by atoms with Gasteiger partial charge < -0.3 is 9.80 Å². The highest BCUT2D eigenvalue weighted by Gasteiger charge is 2.23. The first-order valence-corrected chi connectivity index (χ1v) is 11.0. The summed E-state index contributed by atoms with van der Waals surface area (Å²) in [6.07, 6.45) is 21.6. The van der Waals surface area contributed by atoms with Crippen LogP contribution in [-0.4, -0.2) is 29.6 Å². The molecular formula is C24H40N2. The van der Waals surface area contributed by atoms with E-state index in [2.05, 4.69) is 66.5 Å². The Labute approximate surface area is 162 Å². The first kappa shape index (κ1) is 20.9. The van der Waals surface area contributed by atoms with E-state index in [1.807, 2.05) is 0 Å². The number of hydrogen-bond donors (Lipinski definition) is 0. The van der Waals surface area contributed by atoms with Crippen molar-refractivity contribution in [3.63, 3.8) is 0 Å². The summed E-state index contributed by atoms with van der Waals surface area (Å²) < 4.78 is 0. The van der Waals surface area contributed by atoms with Crippen molar-refractivity contribution in [1.82, 2.24) is 9.80 Å². The Morgan fingerprint density at radius 3 is 1.92 bits per heavy atom. The van der Waals surface area contributed by atoms with E-state index < -0.39 is 0 Å². The fourth-order valence-corrected chi connectivity index (χ4v) is 3.89. The second-order valence-electron chi connectivity index (χ2n) is 7.91. The van der Waals surface area contributed by atoms with Crippen LogP contribution in [0.2, 0.25) is 0 Å². The van der Waals surface area contributed by atoms with Crippen molar-refractivity contribution < 1.29 is 0 Å². The third-order valence-corrected chi connectivity index (χ3v) is 5.63. The molecule has 1 aromatic rings. The van der Waals surface area contributed by atoms with Crippen LogP contribution in [0.1, 0.15) is 83.1 Å². The van der Waals surface area contributed by atoms with Crippen molar-refractivity contribution in [1.29, 1.82) is 0 Å². The normalized spacial score (nSPS) is 16.6. The Morgan fingerprint density at radius 2 is 1.31 bits per heavy atom. The van der Waals surface area contributed by atoms with Crippen LogP contribution < -0.4 is 0 Å². The van der Waals surface area contributed by atoms with Crippen LogP contribution in [0.5, 0.6) is 0 Å². The van der Waals surface area contributed by atoms with Gasteiger partial charge in [-0.2, -0.15) is 0 Å². The molecule has 0 aliphatic carbocycles. The molecule has 0 radical (unpaired) electrons. The lowest BCUT2D eigenvalue weighted by molar-refractivity contribution is 0.173. The van der Waals surface area contributed by atoms with Crippen molar-refractivity contribution >= 4 is 0 Å². The summed E-state index contributed by atoms with van der Waals surface area (Å²) in [5, 5.41) is 0. The molecule has 0 bridgehead atoms. The molecule has 1 aromatic carbocycles. The predicted octanol–water partition coefficient (Wildman–Crippen LogP) is 6.58. The molecule has 1 unspecified atom stereocenters. The summed E-state index contributed by atoms with van der Waals surface area (Å²) in [6.45, 7) is 3.48. The van der Waals surface area contributed by atoms with E-state index in [-0.39, 0.29) is 0 Å². The van der Waals surface area contributed by atoms with Gasteiger partial charge in [0.2, 0.25) is 0 Å². The number of rotatable bonds is 14.